The van der Waals surface area contributed by atoms with E-state index in [1.54, 1.807) is 6.92 Å². The van der Waals surface area contributed by atoms with Crippen molar-refractivity contribution in [1.82, 2.24) is 4.31 Å². The van der Waals surface area contributed by atoms with Gasteiger partial charge in [-0.2, -0.15) is 4.31 Å². The average molecular weight is 316 g/mol. The lowest BCUT2D eigenvalue weighted by molar-refractivity contribution is -0.145. The molecule has 0 bridgehead atoms. The van der Waals surface area contributed by atoms with E-state index >= 15 is 0 Å². The molecule has 1 aromatic carbocycles. The second kappa shape index (κ2) is 5.61. The first-order chi connectivity index (χ1) is 9.77. The molecule has 0 saturated carbocycles. The van der Waals surface area contributed by atoms with Crippen molar-refractivity contribution in [2.45, 2.75) is 11.8 Å². The summed E-state index contributed by atoms with van der Waals surface area (Å²) < 4.78 is 44.0. The minimum atomic E-state index is -3.86. The molecule has 0 spiro atoms. The van der Waals surface area contributed by atoms with E-state index in [9.17, 15) is 17.6 Å². The van der Waals surface area contributed by atoms with Crippen LogP contribution in [0.3, 0.4) is 0 Å². The molecule has 0 amide bonds. The number of methoxy groups -OCH3 is 1. The summed E-state index contributed by atoms with van der Waals surface area (Å²) in [6.45, 7) is 2.01. The van der Waals surface area contributed by atoms with Crippen LogP contribution in [0, 0.1) is 17.7 Å². The molecule has 6 nitrogen and oxygen atoms in total. The number of ether oxygens (including phenoxy) is 1. The van der Waals surface area contributed by atoms with Gasteiger partial charge in [-0.3, -0.25) is 4.79 Å². The number of hydrogen-bond donors (Lipinski definition) is 1. The lowest BCUT2D eigenvalue weighted by atomic mass is 9.99. The Labute approximate surface area is 122 Å². The predicted molar refractivity (Wildman–Crippen MR) is 74.2 cm³/mol. The van der Waals surface area contributed by atoms with Crippen molar-refractivity contribution in [2.75, 3.05) is 25.9 Å². The first-order valence-corrected chi connectivity index (χ1v) is 7.84. The van der Waals surface area contributed by atoms with Crippen molar-refractivity contribution in [3.63, 3.8) is 0 Å². The number of nitrogen functional groups attached to an aromatic ring is 1. The number of anilines is 1. The van der Waals surface area contributed by atoms with Crippen molar-refractivity contribution in [3.05, 3.63) is 24.0 Å². The van der Waals surface area contributed by atoms with Gasteiger partial charge in [0.25, 0.3) is 0 Å². The highest BCUT2D eigenvalue weighted by Gasteiger charge is 2.41. The number of nitrogens with two attached hydrogens (primary N) is 1. The molecular formula is C13H17FN2O4S. The second-order valence-electron chi connectivity index (χ2n) is 5.11. The molecule has 1 heterocycles. The van der Waals surface area contributed by atoms with Gasteiger partial charge in [-0.05, 0) is 24.1 Å². The Morgan fingerprint density at radius 3 is 2.67 bits per heavy atom. The predicted octanol–water partition coefficient (Wildman–Crippen LogP) is 0.837. The third-order valence-corrected chi connectivity index (χ3v) is 5.58. The van der Waals surface area contributed by atoms with Crippen molar-refractivity contribution >= 4 is 21.7 Å². The molecule has 1 saturated heterocycles. The Morgan fingerprint density at radius 2 is 2.10 bits per heavy atom. The highest BCUT2D eigenvalue weighted by molar-refractivity contribution is 7.89. The van der Waals surface area contributed by atoms with Crippen LogP contribution in [0.25, 0.3) is 0 Å². The van der Waals surface area contributed by atoms with E-state index in [2.05, 4.69) is 4.74 Å². The van der Waals surface area contributed by atoms with Gasteiger partial charge in [-0.25, -0.2) is 12.8 Å². The number of rotatable bonds is 3. The molecule has 2 unspecified atom stereocenters. The zero-order chi connectivity index (χ0) is 15.8. The Kier molecular flexibility index (Phi) is 4.20. The number of sulfonamides is 1. The molecule has 116 valence electrons. The molecule has 0 aliphatic carbocycles. The lowest BCUT2D eigenvalue weighted by Gasteiger charge is -2.17. The number of esters is 1. The maximum absolute atomic E-state index is 13.0. The van der Waals surface area contributed by atoms with E-state index in [1.165, 1.54) is 11.4 Å². The number of benzene rings is 1. The van der Waals surface area contributed by atoms with Crippen LogP contribution in [0.5, 0.6) is 0 Å². The van der Waals surface area contributed by atoms with Gasteiger partial charge in [0.2, 0.25) is 10.0 Å². The number of carbonyl (C=O) groups excluding carboxylic acids is 1. The van der Waals surface area contributed by atoms with Gasteiger partial charge >= 0.3 is 5.97 Å². The van der Waals surface area contributed by atoms with Gasteiger partial charge in [0, 0.05) is 13.1 Å². The Morgan fingerprint density at radius 1 is 1.43 bits per heavy atom. The van der Waals surface area contributed by atoms with Crippen LogP contribution in [0.2, 0.25) is 0 Å². The summed E-state index contributed by atoms with van der Waals surface area (Å²) in [5.41, 5.74) is 5.44. The molecule has 0 aromatic heterocycles. The molecule has 1 fully saturated rings. The fourth-order valence-corrected chi connectivity index (χ4v) is 4.13. The maximum atomic E-state index is 13.0. The normalized spacial score (nSPS) is 23.2. The third-order valence-electron chi connectivity index (χ3n) is 3.67. The van der Waals surface area contributed by atoms with Crippen LogP contribution in [0.1, 0.15) is 6.92 Å². The Hall–Kier alpha value is -1.67. The van der Waals surface area contributed by atoms with E-state index in [-0.39, 0.29) is 29.6 Å². The van der Waals surface area contributed by atoms with E-state index in [1.807, 2.05) is 0 Å². The quantitative estimate of drug-likeness (QED) is 0.659. The van der Waals surface area contributed by atoms with Crippen LogP contribution >= 0.6 is 0 Å². The van der Waals surface area contributed by atoms with Gasteiger partial charge in [0.15, 0.2) is 0 Å². The topological polar surface area (TPSA) is 89.7 Å². The summed E-state index contributed by atoms with van der Waals surface area (Å²) >= 11 is 0. The zero-order valence-corrected chi connectivity index (χ0v) is 12.6. The molecule has 1 aliphatic rings. The summed E-state index contributed by atoms with van der Waals surface area (Å²) in [7, 11) is -2.59. The summed E-state index contributed by atoms with van der Waals surface area (Å²) in [6.07, 6.45) is 0. The number of carbonyl (C=O) groups is 1. The third kappa shape index (κ3) is 2.86. The molecular weight excluding hydrogens is 299 g/mol. The lowest BCUT2D eigenvalue weighted by Crippen LogP contribution is -2.30. The van der Waals surface area contributed by atoms with E-state index in [4.69, 9.17) is 5.73 Å². The van der Waals surface area contributed by atoms with Crippen molar-refractivity contribution in [2.24, 2.45) is 11.8 Å². The zero-order valence-electron chi connectivity index (χ0n) is 11.7. The average Bonchev–Trinajstić information content (AvgIpc) is 2.80. The standard InChI is InChI=1S/C13H17FN2O4S/c1-8-6-16(7-10(8)13(17)20-2)21(18,19)12-4-3-9(14)5-11(12)15/h3-5,8,10H,6-7,15H2,1-2H3. The summed E-state index contributed by atoms with van der Waals surface area (Å²) in [5, 5.41) is 0. The van der Waals surface area contributed by atoms with Gasteiger partial charge in [-0.1, -0.05) is 6.92 Å². The van der Waals surface area contributed by atoms with Gasteiger partial charge in [0.1, 0.15) is 10.7 Å². The van der Waals surface area contributed by atoms with Crippen LogP contribution in [0.4, 0.5) is 10.1 Å². The molecule has 0 radical (unpaired) electrons. The number of hydrogen-bond acceptors (Lipinski definition) is 5. The maximum Gasteiger partial charge on any atom is 0.310 e. The summed E-state index contributed by atoms with van der Waals surface area (Å²) in [5.74, 6) is -1.71. The molecule has 2 atom stereocenters. The molecule has 1 aliphatic heterocycles. The van der Waals surface area contributed by atoms with E-state index in [0.29, 0.717) is 0 Å². The van der Waals surface area contributed by atoms with Crippen LogP contribution < -0.4 is 5.73 Å². The summed E-state index contributed by atoms with van der Waals surface area (Å²) in [6, 6.07) is 3.14. The fourth-order valence-electron chi connectivity index (χ4n) is 2.47. The molecule has 1 aromatic rings. The van der Waals surface area contributed by atoms with Crippen molar-refractivity contribution in [3.8, 4) is 0 Å². The number of nitrogens with zero attached hydrogens (tertiary/aromatic N) is 1. The van der Waals surface area contributed by atoms with Crippen LogP contribution in [0.15, 0.2) is 23.1 Å². The second-order valence-corrected chi connectivity index (χ2v) is 7.02. The minimum Gasteiger partial charge on any atom is -0.469 e. The SMILES string of the molecule is COC(=O)C1CN(S(=O)(=O)c2ccc(F)cc2N)CC1C. The molecule has 21 heavy (non-hydrogen) atoms. The van der Waals surface area contributed by atoms with Gasteiger partial charge in [0.05, 0.1) is 18.7 Å². The van der Waals surface area contributed by atoms with Crippen LogP contribution in [-0.4, -0.2) is 38.9 Å². The van der Waals surface area contributed by atoms with E-state index in [0.717, 1.165) is 18.2 Å². The molecule has 2 rings (SSSR count). The monoisotopic (exact) mass is 316 g/mol. The fraction of sp³-hybridized carbons (Fsp3) is 0.462. The highest BCUT2D eigenvalue weighted by atomic mass is 32.2. The Bertz CT molecular complexity index is 662. The summed E-state index contributed by atoms with van der Waals surface area (Å²) in [4.78, 5) is 11.5. The van der Waals surface area contributed by atoms with Gasteiger partial charge < -0.3 is 10.5 Å². The highest BCUT2D eigenvalue weighted by Crippen LogP contribution is 2.31. The minimum absolute atomic E-state index is 0.0347. The van der Waals surface area contributed by atoms with Crippen molar-refractivity contribution < 1.29 is 22.3 Å². The van der Waals surface area contributed by atoms with Gasteiger partial charge in [-0.15, -0.1) is 0 Å². The Balaban J connectivity index is 2.31. The first-order valence-electron chi connectivity index (χ1n) is 6.40. The first kappa shape index (κ1) is 15.7. The smallest absolute Gasteiger partial charge is 0.310 e. The van der Waals surface area contributed by atoms with E-state index < -0.39 is 27.7 Å². The van der Waals surface area contributed by atoms with Crippen molar-refractivity contribution in [1.29, 1.82) is 0 Å². The number of halogens is 1. The van der Waals surface area contributed by atoms with Crippen LogP contribution in [-0.2, 0) is 19.6 Å². The molecule has 2 N–H and O–H groups in total. The largest absolute Gasteiger partial charge is 0.469 e. The molecule has 8 heteroatoms.